The molecule has 1 N–H and O–H groups in total. The fraction of sp³-hybridized carbons (Fsp3) is 0.583. The van der Waals surface area contributed by atoms with Gasteiger partial charge in [-0.05, 0) is 19.9 Å². The fourth-order valence-corrected chi connectivity index (χ4v) is 3.44. The topological polar surface area (TPSA) is 59.9 Å². The van der Waals surface area contributed by atoms with Crippen LogP contribution in [0.2, 0.25) is 0 Å². The van der Waals surface area contributed by atoms with Gasteiger partial charge in [0, 0.05) is 20.1 Å². The maximum absolute atomic E-state index is 4.97. The van der Waals surface area contributed by atoms with Crippen molar-refractivity contribution >= 4 is 22.7 Å². The zero-order valence-electron chi connectivity index (χ0n) is 11.2. The van der Waals surface area contributed by atoms with Crippen molar-refractivity contribution in [3.05, 3.63) is 16.2 Å². The third kappa shape index (κ3) is 4.31. The lowest BCUT2D eigenvalue weighted by Crippen LogP contribution is -2.20. The molecule has 0 aliphatic carbocycles. The van der Waals surface area contributed by atoms with Crippen molar-refractivity contribution in [2.75, 3.05) is 26.8 Å². The molecule has 0 aromatic carbocycles. The number of nitrogens with zero attached hydrogens (tertiary/aromatic N) is 3. The number of rotatable bonds is 8. The quantitative estimate of drug-likeness (QED) is 0.757. The van der Waals surface area contributed by atoms with E-state index in [-0.39, 0.29) is 0 Å². The Labute approximate surface area is 121 Å². The van der Waals surface area contributed by atoms with E-state index in [1.165, 1.54) is 0 Å². The van der Waals surface area contributed by atoms with Crippen LogP contribution in [0.5, 0.6) is 0 Å². The average Bonchev–Trinajstić information content (AvgIpc) is 3.02. The van der Waals surface area contributed by atoms with E-state index in [0.717, 1.165) is 53.1 Å². The van der Waals surface area contributed by atoms with Crippen molar-refractivity contribution in [3.8, 4) is 9.88 Å². The fourth-order valence-electron chi connectivity index (χ4n) is 1.62. The predicted octanol–water partition coefficient (Wildman–Crippen LogP) is 2.14. The standard InChI is InChI=1S/C12H18N4OS2/c1-9-11(18-8-14-9)12-16-15-10(19-12)4-3-5-13-6-7-17-2/h8,13H,3-7H2,1-2H3. The Bertz CT molecular complexity index is 497. The Kier molecular flexibility index (Phi) is 5.84. The van der Waals surface area contributed by atoms with E-state index in [9.17, 15) is 0 Å². The SMILES string of the molecule is COCCNCCCc1nnc(-c2scnc2C)s1. The molecule has 5 nitrogen and oxygen atoms in total. The molecule has 0 saturated carbocycles. The van der Waals surface area contributed by atoms with Gasteiger partial charge in [-0.25, -0.2) is 4.98 Å². The molecular weight excluding hydrogens is 280 g/mol. The number of aryl methyl sites for hydroxylation is 2. The summed E-state index contributed by atoms with van der Waals surface area (Å²) in [7, 11) is 1.71. The highest BCUT2D eigenvalue weighted by atomic mass is 32.1. The van der Waals surface area contributed by atoms with Crippen LogP contribution in [0.25, 0.3) is 9.88 Å². The van der Waals surface area contributed by atoms with Gasteiger partial charge < -0.3 is 10.1 Å². The van der Waals surface area contributed by atoms with Crippen LogP contribution in [0.1, 0.15) is 17.1 Å². The van der Waals surface area contributed by atoms with Gasteiger partial charge in [0.1, 0.15) is 5.01 Å². The first kappa shape index (κ1) is 14.5. The lowest BCUT2D eigenvalue weighted by atomic mass is 10.3. The molecule has 0 saturated heterocycles. The van der Waals surface area contributed by atoms with Crippen LogP contribution in [0.4, 0.5) is 0 Å². The number of methoxy groups -OCH3 is 1. The molecule has 2 aromatic heterocycles. The zero-order chi connectivity index (χ0) is 13.5. The minimum absolute atomic E-state index is 0.758. The van der Waals surface area contributed by atoms with Gasteiger partial charge in [-0.2, -0.15) is 0 Å². The lowest BCUT2D eigenvalue weighted by Gasteiger charge is -2.01. The smallest absolute Gasteiger partial charge is 0.159 e. The average molecular weight is 298 g/mol. The van der Waals surface area contributed by atoms with Crippen LogP contribution < -0.4 is 5.32 Å². The second-order valence-electron chi connectivity index (χ2n) is 4.11. The van der Waals surface area contributed by atoms with Gasteiger partial charge in [0.25, 0.3) is 0 Å². The molecule has 0 fully saturated rings. The van der Waals surface area contributed by atoms with Crippen LogP contribution in [-0.4, -0.2) is 42.0 Å². The molecule has 2 heterocycles. The number of hydrogen-bond donors (Lipinski definition) is 1. The number of ether oxygens (including phenoxy) is 1. The Hall–Kier alpha value is -0.890. The van der Waals surface area contributed by atoms with Crippen LogP contribution in [0, 0.1) is 6.92 Å². The van der Waals surface area contributed by atoms with Crippen molar-refractivity contribution in [2.45, 2.75) is 19.8 Å². The van der Waals surface area contributed by atoms with Gasteiger partial charge in [0.05, 0.1) is 22.7 Å². The summed E-state index contributed by atoms with van der Waals surface area (Å²) in [5.74, 6) is 0. The normalized spacial score (nSPS) is 11.1. The first-order chi connectivity index (χ1) is 9.31. The minimum atomic E-state index is 0.758. The van der Waals surface area contributed by atoms with E-state index in [0.29, 0.717) is 0 Å². The molecule has 0 spiro atoms. The van der Waals surface area contributed by atoms with Crippen molar-refractivity contribution in [2.24, 2.45) is 0 Å². The Balaban J connectivity index is 1.77. The molecule has 0 unspecified atom stereocenters. The summed E-state index contributed by atoms with van der Waals surface area (Å²) in [6.45, 7) is 4.65. The monoisotopic (exact) mass is 298 g/mol. The van der Waals surface area contributed by atoms with E-state index in [1.54, 1.807) is 29.8 Å². The summed E-state index contributed by atoms with van der Waals surface area (Å²) in [6, 6.07) is 0. The molecule has 2 aromatic rings. The molecule has 0 radical (unpaired) electrons. The highest BCUT2D eigenvalue weighted by Gasteiger charge is 2.10. The summed E-state index contributed by atoms with van der Waals surface area (Å²) in [5, 5.41) is 13.9. The summed E-state index contributed by atoms with van der Waals surface area (Å²) in [4.78, 5) is 5.38. The van der Waals surface area contributed by atoms with Crippen molar-refractivity contribution in [3.63, 3.8) is 0 Å². The number of aromatic nitrogens is 3. The molecule has 7 heteroatoms. The van der Waals surface area contributed by atoms with Gasteiger partial charge in [-0.3, -0.25) is 0 Å². The van der Waals surface area contributed by atoms with Gasteiger partial charge >= 0.3 is 0 Å². The maximum Gasteiger partial charge on any atom is 0.159 e. The number of hydrogen-bond acceptors (Lipinski definition) is 7. The first-order valence-corrected chi connectivity index (χ1v) is 7.93. The molecule has 0 atom stereocenters. The highest BCUT2D eigenvalue weighted by molar-refractivity contribution is 7.20. The summed E-state index contributed by atoms with van der Waals surface area (Å²) in [5.41, 5.74) is 2.89. The second kappa shape index (κ2) is 7.64. The minimum Gasteiger partial charge on any atom is -0.383 e. The van der Waals surface area contributed by atoms with E-state index in [1.807, 2.05) is 12.4 Å². The molecule has 0 aliphatic rings. The largest absolute Gasteiger partial charge is 0.383 e. The molecule has 19 heavy (non-hydrogen) atoms. The molecule has 0 bridgehead atoms. The molecule has 104 valence electrons. The third-order valence-electron chi connectivity index (χ3n) is 2.63. The predicted molar refractivity (Wildman–Crippen MR) is 78.8 cm³/mol. The number of nitrogens with one attached hydrogen (secondary N) is 1. The summed E-state index contributed by atoms with van der Waals surface area (Å²) < 4.78 is 4.97. The second-order valence-corrected chi connectivity index (χ2v) is 6.03. The van der Waals surface area contributed by atoms with Crippen LogP contribution in [-0.2, 0) is 11.2 Å². The van der Waals surface area contributed by atoms with Crippen LogP contribution in [0.15, 0.2) is 5.51 Å². The van der Waals surface area contributed by atoms with E-state index < -0.39 is 0 Å². The molecule has 0 aliphatic heterocycles. The van der Waals surface area contributed by atoms with E-state index in [4.69, 9.17) is 4.74 Å². The third-order valence-corrected chi connectivity index (χ3v) is 4.70. The van der Waals surface area contributed by atoms with Crippen molar-refractivity contribution in [1.82, 2.24) is 20.5 Å². The zero-order valence-corrected chi connectivity index (χ0v) is 12.8. The molecular formula is C12H18N4OS2. The lowest BCUT2D eigenvalue weighted by molar-refractivity contribution is 0.199. The van der Waals surface area contributed by atoms with Gasteiger partial charge in [-0.15, -0.1) is 21.5 Å². The van der Waals surface area contributed by atoms with Crippen molar-refractivity contribution in [1.29, 1.82) is 0 Å². The van der Waals surface area contributed by atoms with Crippen molar-refractivity contribution < 1.29 is 4.74 Å². The van der Waals surface area contributed by atoms with Gasteiger partial charge in [-0.1, -0.05) is 11.3 Å². The Morgan fingerprint density at radius 3 is 2.95 bits per heavy atom. The number of thiazole rings is 1. The summed E-state index contributed by atoms with van der Waals surface area (Å²) >= 11 is 3.29. The van der Waals surface area contributed by atoms with Gasteiger partial charge in [0.15, 0.2) is 5.01 Å². The van der Waals surface area contributed by atoms with Crippen LogP contribution in [0.3, 0.4) is 0 Å². The maximum atomic E-state index is 4.97. The first-order valence-electron chi connectivity index (χ1n) is 6.23. The highest BCUT2D eigenvalue weighted by Crippen LogP contribution is 2.29. The van der Waals surface area contributed by atoms with Crippen LogP contribution >= 0.6 is 22.7 Å². The Morgan fingerprint density at radius 2 is 2.21 bits per heavy atom. The molecule has 0 amide bonds. The molecule has 2 rings (SSSR count). The Morgan fingerprint density at radius 1 is 1.32 bits per heavy atom. The van der Waals surface area contributed by atoms with E-state index in [2.05, 4.69) is 20.5 Å². The van der Waals surface area contributed by atoms with Gasteiger partial charge in [0.2, 0.25) is 0 Å². The summed E-state index contributed by atoms with van der Waals surface area (Å²) in [6.07, 6.45) is 2.04. The van der Waals surface area contributed by atoms with E-state index >= 15 is 0 Å².